The van der Waals surface area contributed by atoms with Crippen molar-refractivity contribution < 1.29 is 52.9 Å². The predicted octanol–water partition coefficient (Wildman–Crippen LogP) is 9.55. The number of allylic oxidation sites excluding steroid dienone is 5. The van der Waals surface area contributed by atoms with Crippen LogP contribution in [0.25, 0.3) is 0 Å². The third kappa shape index (κ3) is 28.8. The SMILES string of the molecule is CCCCC/C=C\C/C=C\CCCCCCCCCC(=O)OC[C@H](COP(=O)(O)O)OC(=O)CCCCCC[C@H]1[C@@H](O)CC(=O)[C@@H]1/C=C/[C@@H](O)CCCCC. The van der Waals surface area contributed by atoms with Gasteiger partial charge >= 0.3 is 19.8 Å². The first-order chi connectivity index (χ1) is 26.5. The van der Waals surface area contributed by atoms with Crippen LogP contribution in [0.1, 0.15) is 174 Å². The molecule has 0 aliphatic heterocycles. The van der Waals surface area contributed by atoms with E-state index in [4.69, 9.17) is 19.3 Å². The summed E-state index contributed by atoms with van der Waals surface area (Å²) in [5, 5.41) is 20.7. The highest BCUT2D eigenvalue weighted by atomic mass is 31.2. The molecule has 318 valence electrons. The van der Waals surface area contributed by atoms with Gasteiger partial charge in [-0.05, 0) is 63.7 Å². The van der Waals surface area contributed by atoms with Crippen LogP contribution in [0.2, 0.25) is 0 Å². The number of aliphatic hydroxyl groups excluding tert-OH is 2. The molecule has 0 radical (unpaired) electrons. The van der Waals surface area contributed by atoms with Crippen LogP contribution < -0.4 is 0 Å². The van der Waals surface area contributed by atoms with Gasteiger partial charge in [-0.3, -0.25) is 18.9 Å². The zero-order valence-corrected chi connectivity index (χ0v) is 34.9. The average Bonchev–Trinajstić information content (AvgIpc) is 3.41. The van der Waals surface area contributed by atoms with Crippen LogP contribution in [-0.2, 0) is 32.9 Å². The maximum atomic E-state index is 12.5. The van der Waals surface area contributed by atoms with Crippen LogP contribution in [0.5, 0.6) is 0 Å². The molecule has 0 amide bonds. The Labute approximate surface area is 332 Å². The van der Waals surface area contributed by atoms with Gasteiger partial charge in [-0.15, -0.1) is 0 Å². The lowest BCUT2D eigenvalue weighted by Gasteiger charge is -2.19. The Hall–Kier alpha value is -2.14. The third-order valence-corrected chi connectivity index (χ3v) is 10.5. The molecular formula is C43H75O11P. The number of hydrogen-bond acceptors (Lipinski definition) is 9. The van der Waals surface area contributed by atoms with Gasteiger partial charge in [0.15, 0.2) is 6.10 Å². The Bertz CT molecular complexity index is 1150. The summed E-state index contributed by atoms with van der Waals surface area (Å²) in [4.78, 5) is 55.6. The molecule has 1 aliphatic carbocycles. The molecule has 1 aliphatic rings. The third-order valence-electron chi connectivity index (χ3n) is 10.0. The molecule has 0 bridgehead atoms. The lowest BCUT2D eigenvalue weighted by atomic mass is 9.88. The van der Waals surface area contributed by atoms with E-state index in [9.17, 15) is 29.2 Å². The van der Waals surface area contributed by atoms with E-state index in [-0.39, 0.29) is 37.6 Å². The van der Waals surface area contributed by atoms with E-state index in [1.165, 1.54) is 44.9 Å². The Morgan fingerprint density at radius 1 is 0.764 bits per heavy atom. The number of Topliss-reactive ketones (excluding diaryl/α,β-unsaturated/α-hetero) is 1. The summed E-state index contributed by atoms with van der Waals surface area (Å²) < 4.78 is 26.4. The van der Waals surface area contributed by atoms with Gasteiger partial charge in [0.25, 0.3) is 0 Å². The molecule has 0 heterocycles. The van der Waals surface area contributed by atoms with E-state index in [0.29, 0.717) is 32.1 Å². The number of esters is 2. The van der Waals surface area contributed by atoms with Crippen molar-refractivity contribution in [3.63, 3.8) is 0 Å². The summed E-state index contributed by atoms with van der Waals surface area (Å²) in [5.41, 5.74) is 0. The highest BCUT2D eigenvalue weighted by Crippen LogP contribution is 2.36. The highest BCUT2D eigenvalue weighted by Gasteiger charge is 2.39. The second kappa shape index (κ2) is 32.9. The number of unbranched alkanes of at least 4 members (excludes halogenated alkanes) is 15. The number of rotatable bonds is 35. The molecule has 1 saturated carbocycles. The molecule has 1 fully saturated rings. The molecule has 0 aromatic heterocycles. The van der Waals surface area contributed by atoms with Crippen molar-refractivity contribution in [2.45, 2.75) is 193 Å². The lowest BCUT2D eigenvalue weighted by Crippen LogP contribution is -2.29. The number of hydrogen-bond donors (Lipinski definition) is 4. The van der Waals surface area contributed by atoms with Gasteiger partial charge in [0, 0.05) is 25.2 Å². The Balaban J connectivity index is 2.25. The van der Waals surface area contributed by atoms with Gasteiger partial charge in [0.05, 0.1) is 18.8 Å². The Morgan fingerprint density at radius 2 is 1.33 bits per heavy atom. The number of ether oxygens (including phenoxy) is 2. The number of phosphoric ester groups is 1. The van der Waals surface area contributed by atoms with Gasteiger partial charge in [-0.2, -0.15) is 0 Å². The van der Waals surface area contributed by atoms with Crippen LogP contribution in [0.3, 0.4) is 0 Å². The first-order valence-electron chi connectivity index (χ1n) is 21.4. The molecule has 0 unspecified atom stereocenters. The van der Waals surface area contributed by atoms with Crippen molar-refractivity contribution in [3.8, 4) is 0 Å². The Kier molecular flexibility index (Phi) is 30.4. The maximum Gasteiger partial charge on any atom is 0.469 e. The molecule has 55 heavy (non-hydrogen) atoms. The van der Waals surface area contributed by atoms with Crippen molar-refractivity contribution in [1.82, 2.24) is 0 Å². The second-order valence-corrected chi connectivity index (χ2v) is 16.3. The number of carbonyl (C=O) groups is 3. The molecule has 12 heteroatoms. The van der Waals surface area contributed by atoms with Gasteiger partial charge in [-0.1, -0.05) is 134 Å². The number of carbonyl (C=O) groups excluding carboxylic acids is 3. The van der Waals surface area contributed by atoms with E-state index in [1.807, 2.05) is 0 Å². The van der Waals surface area contributed by atoms with Gasteiger partial charge in [0.1, 0.15) is 12.4 Å². The van der Waals surface area contributed by atoms with E-state index in [2.05, 4.69) is 42.7 Å². The van der Waals surface area contributed by atoms with Crippen LogP contribution in [0.4, 0.5) is 0 Å². The standard InChI is InChI=1S/C43H75O11P/c1-3-5-7-8-9-10-11-12-13-14-15-16-17-18-19-20-25-29-42(47)52-34-37(35-53-55(49,50)51)54-43(48)30-26-22-21-24-28-38-39(41(46)33-40(38)45)32-31-36(44)27-23-6-4-2/h9-10,12-13,31-32,36-40,44-45H,3-8,11,14-30,33-35H2,1-2H3,(H2,49,50,51)/b10-9-,13-12-,32-31+/t36-,37+,38+,39+,40-/m0/s1. The zero-order valence-electron chi connectivity index (χ0n) is 34.0. The molecule has 5 atom stereocenters. The van der Waals surface area contributed by atoms with Gasteiger partial charge in [0.2, 0.25) is 0 Å². The second-order valence-electron chi connectivity index (χ2n) is 15.1. The monoisotopic (exact) mass is 799 g/mol. The summed E-state index contributed by atoms with van der Waals surface area (Å²) in [5.74, 6) is -1.65. The topological polar surface area (TPSA) is 177 Å². The van der Waals surface area contributed by atoms with E-state index in [0.717, 1.165) is 64.2 Å². The largest absolute Gasteiger partial charge is 0.469 e. The minimum absolute atomic E-state index is 0.00683. The van der Waals surface area contributed by atoms with Crippen molar-refractivity contribution in [2.24, 2.45) is 11.8 Å². The fourth-order valence-electron chi connectivity index (χ4n) is 6.78. The number of aliphatic hydroxyl groups is 2. The molecule has 0 saturated heterocycles. The summed E-state index contributed by atoms with van der Waals surface area (Å²) in [6, 6.07) is 0. The van der Waals surface area contributed by atoms with Gasteiger partial charge < -0.3 is 29.5 Å². The van der Waals surface area contributed by atoms with E-state index < -0.39 is 50.6 Å². The minimum atomic E-state index is -4.82. The molecule has 0 spiro atoms. The summed E-state index contributed by atoms with van der Waals surface area (Å²) in [7, 11) is -4.82. The Morgan fingerprint density at radius 3 is 1.96 bits per heavy atom. The molecule has 11 nitrogen and oxygen atoms in total. The van der Waals surface area contributed by atoms with Crippen LogP contribution in [-0.4, -0.2) is 69.2 Å². The molecule has 1 rings (SSSR count). The summed E-state index contributed by atoms with van der Waals surface area (Å²) in [6.45, 7) is 3.35. The first kappa shape index (κ1) is 50.9. The van der Waals surface area contributed by atoms with Gasteiger partial charge in [-0.25, -0.2) is 4.57 Å². The first-order valence-corrected chi connectivity index (χ1v) is 22.9. The summed E-state index contributed by atoms with van der Waals surface area (Å²) >= 11 is 0. The predicted molar refractivity (Wildman–Crippen MR) is 217 cm³/mol. The maximum absolute atomic E-state index is 12.5. The molecule has 0 aromatic carbocycles. The fraction of sp³-hybridized carbons (Fsp3) is 0.791. The van der Waals surface area contributed by atoms with Crippen molar-refractivity contribution in [3.05, 3.63) is 36.5 Å². The molecular weight excluding hydrogens is 723 g/mol. The quantitative estimate of drug-likeness (QED) is 0.0208. The summed E-state index contributed by atoms with van der Waals surface area (Å²) in [6.07, 6.45) is 31.9. The highest BCUT2D eigenvalue weighted by molar-refractivity contribution is 7.46. The normalized spacial score (nSPS) is 18.9. The number of ketones is 1. The minimum Gasteiger partial charge on any atom is -0.462 e. The van der Waals surface area contributed by atoms with Crippen molar-refractivity contribution >= 4 is 25.5 Å². The van der Waals surface area contributed by atoms with E-state index in [1.54, 1.807) is 12.2 Å². The van der Waals surface area contributed by atoms with Crippen LogP contribution in [0.15, 0.2) is 36.5 Å². The fourth-order valence-corrected chi connectivity index (χ4v) is 7.14. The van der Waals surface area contributed by atoms with E-state index >= 15 is 0 Å². The van der Waals surface area contributed by atoms with Crippen LogP contribution in [0, 0.1) is 11.8 Å². The lowest BCUT2D eigenvalue weighted by molar-refractivity contribution is -0.161. The smallest absolute Gasteiger partial charge is 0.462 e. The van der Waals surface area contributed by atoms with Crippen molar-refractivity contribution in [2.75, 3.05) is 13.2 Å². The number of phosphoric acid groups is 1. The zero-order chi connectivity index (χ0) is 40.6. The van der Waals surface area contributed by atoms with Crippen molar-refractivity contribution in [1.29, 1.82) is 0 Å². The average molecular weight is 799 g/mol. The molecule has 0 aromatic rings. The van der Waals surface area contributed by atoms with Crippen LogP contribution >= 0.6 is 7.82 Å². The molecule has 4 N–H and O–H groups in total.